The highest BCUT2D eigenvalue weighted by Gasteiger charge is 2.25. The van der Waals surface area contributed by atoms with Crippen LogP contribution in [-0.4, -0.2) is 72.5 Å². The summed E-state index contributed by atoms with van der Waals surface area (Å²) in [5.41, 5.74) is 4.48. The number of β-amino-alcohol motifs (C(OH)–C–C–N with tert-alkyl or cyclic N) is 2. The van der Waals surface area contributed by atoms with Crippen LogP contribution in [0.25, 0.3) is 22.6 Å². The SMILES string of the molecule is OCCN1CCNC1c1ccc(-c2ccc(-c3ccc(C4NCCN4CCO)cc3)o2)cc1. The molecule has 0 amide bonds. The van der Waals surface area contributed by atoms with E-state index in [-0.39, 0.29) is 25.5 Å². The molecule has 2 saturated heterocycles. The Balaban J connectivity index is 1.28. The minimum atomic E-state index is 0.152. The molecule has 2 atom stereocenters. The second-order valence-corrected chi connectivity index (χ2v) is 8.64. The van der Waals surface area contributed by atoms with E-state index in [2.05, 4.69) is 69.0 Å². The van der Waals surface area contributed by atoms with Crippen molar-refractivity contribution >= 4 is 0 Å². The van der Waals surface area contributed by atoms with Gasteiger partial charge < -0.3 is 14.6 Å². The molecular weight excluding hydrogens is 416 g/mol. The zero-order chi connectivity index (χ0) is 22.6. The lowest BCUT2D eigenvalue weighted by atomic mass is 10.1. The van der Waals surface area contributed by atoms with E-state index in [0.29, 0.717) is 13.1 Å². The van der Waals surface area contributed by atoms with Crippen LogP contribution in [0.2, 0.25) is 0 Å². The van der Waals surface area contributed by atoms with Crippen molar-refractivity contribution in [2.75, 3.05) is 52.5 Å². The van der Waals surface area contributed by atoms with E-state index in [0.717, 1.165) is 48.8 Å². The summed E-state index contributed by atoms with van der Waals surface area (Å²) in [6.45, 7) is 5.46. The molecule has 1 aromatic heterocycles. The molecule has 2 aliphatic heterocycles. The quantitative estimate of drug-likeness (QED) is 0.421. The Morgan fingerprint density at radius 2 is 1.09 bits per heavy atom. The first-order valence-corrected chi connectivity index (χ1v) is 11.7. The van der Waals surface area contributed by atoms with E-state index in [1.807, 2.05) is 12.1 Å². The van der Waals surface area contributed by atoms with Gasteiger partial charge in [-0.2, -0.15) is 0 Å². The fourth-order valence-electron chi connectivity index (χ4n) is 4.91. The lowest BCUT2D eigenvalue weighted by Crippen LogP contribution is -2.29. The normalized spacial score (nSPS) is 21.8. The molecule has 3 heterocycles. The summed E-state index contributed by atoms with van der Waals surface area (Å²) in [4.78, 5) is 4.52. The third-order valence-corrected chi connectivity index (χ3v) is 6.61. The lowest BCUT2D eigenvalue weighted by molar-refractivity contribution is 0.179. The molecule has 0 radical (unpaired) electrons. The molecule has 0 aliphatic carbocycles. The molecule has 2 fully saturated rings. The van der Waals surface area contributed by atoms with Crippen LogP contribution in [0.4, 0.5) is 0 Å². The Bertz CT molecular complexity index is 952. The molecule has 2 aromatic carbocycles. The Hall–Kier alpha value is -2.52. The summed E-state index contributed by atoms with van der Waals surface area (Å²) in [6.07, 6.45) is 0.305. The number of benzene rings is 2. The highest BCUT2D eigenvalue weighted by atomic mass is 16.3. The van der Waals surface area contributed by atoms with Gasteiger partial charge in [-0.1, -0.05) is 48.5 Å². The molecule has 2 aliphatic rings. The van der Waals surface area contributed by atoms with Crippen molar-refractivity contribution in [1.29, 1.82) is 0 Å². The topological polar surface area (TPSA) is 84.1 Å². The van der Waals surface area contributed by atoms with Crippen molar-refractivity contribution in [1.82, 2.24) is 20.4 Å². The zero-order valence-corrected chi connectivity index (χ0v) is 18.8. The molecule has 3 aromatic rings. The Morgan fingerprint density at radius 1 is 0.667 bits per heavy atom. The van der Waals surface area contributed by atoms with Gasteiger partial charge in [0, 0.05) is 50.4 Å². The number of aliphatic hydroxyl groups is 2. The molecule has 0 bridgehead atoms. The molecule has 0 spiro atoms. The van der Waals surface area contributed by atoms with Crippen LogP contribution < -0.4 is 10.6 Å². The maximum Gasteiger partial charge on any atom is 0.134 e. The predicted molar refractivity (Wildman–Crippen MR) is 128 cm³/mol. The fraction of sp³-hybridized carbons (Fsp3) is 0.385. The molecule has 33 heavy (non-hydrogen) atoms. The minimum absolute atomic E-state index is 0.152. The Morgan fingerprint density at radius 3 is 1.48 bits per heavy atom. The van der Waals surface area contributed by atoms with E-state index in [1.54, 1.807) is 0 Å². The average Bonchev–Trinajstić information content (AvgIpc) is 3.61. The molecule has 4 N–H and O–H groups in total. The van der Waals surface area contributed by atoms with Crippen LogP contribution in [0, 0.1) is 0 Å². The number of nitrogens with zero attached hydrogens (tertiary/aromatic N) is 2. The van der Waals surface area contributed by atoms with Gasteiger partial charge in [-0.3, -0.25) is 20.4 Å². The van der Waals surface area contributed by atoms with Crippen molar-refractivity contribution in [3.05, 3.63) is 71.8 Å². The van der Waals surface area contributed by atoms with Crippen LogP contribution in [0.15, 0.2) is 65.1 Å². The largest absolute Gasteiger partial charge is 0.456 e. The van der Waals surface area contributed by atoms with E-state index >= 15 is 0 Å². The highest BCUT2D eigenvalue weighted by molar-refractivity contribution is 5.65. The predicted octanol–water partition coefficient (Wildman–Crippen LogP) is 2.41. The second kappa shape index (κ2) is 10.2. The van der Waals surface area contributed by atoms with Gasteiger partial charge in [-0.05, 0) is 23.3 Å². The van der Waals surface area contributed by atoms with E-state index < -0.39 is 0 Å². The molecular formula is C26H32N4O3. The second-order valence-electron chi connectivity index (χ2n) is 8.64. The first kappa shape index (κ1) is 22.3. The fourth-order valence-corrected chi connectivity index (χ4v) is 4.91. The maximum atomic E-state index is 9.29. The zero-order valence-electron chi connectivity index (χ0n) is 18.8. The van der Waals surface area contributed by atoms with Gasteiger partial charge in [-0.25, -0.2) is 0 Å². The number of rotatable bonds is 8. The number of furan rings is 1. The summed E-state index contributed by atoms with van der Waals surface area (Å²) in [6, 6.07) is 21.0. The summed E-state index contributed by atoms with van der Waals surface area (Å²) >= 11 is 0. The van der Waals surface area contributed by atoms with Gasteiger partial charge in [0.05, 0.1) is 25.5 Å². The van der Waals surface area contributed by atoms with Crippen LogP contribution in [0.1, 0.15) is 23.5 Å². The number of nitrogens with one attached hydrogen (secondary N) is 2. The molecule has 0 saturated carbocycles. The Labute approximate surface area is 194 Å². The summed E-state index contributed by atoms with van der Waals surface area (Å²) < 4.78 is 6.19. The number of aliphatic hydroxyl groups excluding tert-OH is 2. The smallest absolute Gasteiger partial charge is 0.134 e. The lowest BCUT2D eigenvalue weighted by Gasteiger charge is -2.23. The highest BCUT2D eigenvalue weighted by Crippen LogP contribution is 2.31. The van der Waals surface area contributed by atoms with E-state index in [1.165, 1.54) is 11.1 Å². The number of hydrogen-bond acceptors (Lipinski definition) is 7. The summed E-state index contributed by atoms with van der Waals surface area (Å²) in [5.74, 6) is 1.69. The van der Waals surface area contributed by atoms with Crippen LogP contribution in [0.5, 0.6) is 0 Å². The van der Waals surface area contributed by atoms with Gasteiger partial charge in [0.1, 0.15) is 11.5 Å². The molecule has 174 valence electrons. The third-order valence-electron chi connectivity index (χ3n) is 6.61. The van der Waals surface area contributed by atoms with E-state index in [4.69, 9.17) is 4.42 Å². The van der Waals surface area contributed by atoms with Crippen molar-refractivity contribution in [3.8, 4) is 22.6 Å². The van der Waals surface area contributed by atoms with Crippen molar-refractivity contribution in [2.45, 2.75) is 12.3 Å². The molecule has 7 heteroatoms. The van der Waals surface area contributed by atoms with Crippen molar-refractivity contribution in [3.63, 3.8) is 0 Å². The van der Waals surface area contributed by atoms with Crippen LogP contribution >= 0.6 is 0 Å². The first-order chi connectivity index (χ1) is 16.3. The molecule has 2 unspecified atom stereocenters. The standard InChI is InChI=1S/C26H32N4O3/c31-17-15-29-13-11-27-25(29)21-5-1-19(2-6-21)23-9-10-24(33-23)20-3-7-22(8-4-20)26-28-12-14-30(26)16-18-32/h1-10,25-28,31-32H,11-18H2. The molecule has 5 rings (SSSR count). The third kappa shape index (κ3) is 4.75. The average molecular weight is 449 g/mol. The van der Waals surface area contributed by atoms with Gasteiger partial charge in [-0.15, -0.1) is 0 Å². The Kier molecular flexibility index (Phi) is 6.87. The van der Waals surface area contributed by atoms with Gasteiger partial charge >= 0.3 is 0 Å². The van der Waals surface area contributed by atoms with Crippen molar-refractivity contribution in [2.24, 2.45) is 0 Å². The monoisotopic (exact) mass is 448 g/mol. The summed E-state index contributed by atoms with van der Waals surface area (Å²) in [7, 11) is 0. The minimum Gasteiger partial charge on any atom is -0.456 e. The molecule has 7 nitrogen and oxygen atoms in total. The first-order valence-electron chi connectivity index (χ1n) is 11.7. The van der Waals surface area contributed by atoms with Gasteiger partial charge in [0.2, 0.25) is 0 Å². The van der Waals surface area contributed by atoms with E-state index in [9.17, 15) is 10.2 Å². The van der Waals surface area contributed by atoms with Crippen molar-refractivity contribution < 1.29 is 14.6 Å². The van der Waals surface area contributed by atoms with Crippen LogP contribution in [0.3, 0.4) is 0 Å². The van der Waals surface area contributed by atoms with Gasteiger partial charge in [0.25, 0.3) is 0 Å². The van der Waals surface area contributed by atoms with Gasteiger partial charge in [0.15, 0.2) is 0 Å². The van der Waals surface area contributed by atoms with Crippen LogP contribution in [-0.2, 0) is 0 Å². The number of hydrogen-bond donors (Lipinski definition) is 4. The summed E-state index contributed by atoms with van der Waals surface area (Å²) in [5, 5.41) is 25.6. The maximum absolute atomic E-state index is 9.29.